The predicted octanol–water partition coefficient (Wildman–Crippen LogP) is 5.46. The molecule has 122 valence electrons. The third-order valence-corrected chi connectivity index (χ3v) is 5.58. The first kappa shape index (κ1) is 16.8. The fourth-order valence-electron chi connectivity index (χ4n) is 2.23. The van der Waals surface area contributed by atoms with Crippen molar-refractivity contribution in [2.24, 2.45) is 0 Å². The molecule has 0 aromatic heterocycles. The minimum atomic E-state index is -3.69. The van der Waals surface area contributed by atoms with E-state index in [2.05, 4.69) is 4.72 Å². The molecule has 0 saturated heterocycles. The molecule has 0 aliphatic rings. The van der Waals surface area contributed by atoms with Crippen LogP contribution in [0.25, 0.3) is 11.1 Å². The molecule has 0 spiro atoms. The highest BCUT2D eigenvalue weighted by molar-refractivity contribution is 7.92. The van der Waals surface area contributed by atoms with Gasteiger partial charge < -0.3 is 0 Å². The highest BCUT2D eigenvalue weighted by atomic mass is 35.5. The SMILES string of the molecule is O=S(=O)(Nc1ccc(Cl)c(Cl)c1)c1ccc(-c2ccccc2)cc1. The number of rotatable bonds is 4. The van der Waals surface area contributed by atoms with Crippen LogP contribution in [0.3, 0.4) is 0 Å². The first-order chi connectivity index (χ1) is 11.5. The predicted molar refractivity (Wildman–Crippen MR) is 99.1 cm³/mol. The van der Waals surface area contributed by atoms with E-state index in [1.54, 1.807) is 36.4 Å². The van der Waals surface area contributed by atoms with Gasteiger partial charge in [-0.1, -0.05) is 65.7 Å². The first-order valence-electron chi connectivity index (χ1n) is 7.09. The molecule has 0 fully saturated rings. The summed E-state index contributed by atoms with van der Waals surface area (Å²) in [6.07, 6.45) is 0. The molecular formula is C18H13Cl2NO2S. The van der Waals surface area contributed by atoms with Gasteiger partial charge in [0.2, 0.25) is 0 Å². The summed E-state index contributed by atoms with van der Waals surface area (Å²) >= 11 is 11.7. The highest BCUT2D eigenvalue weighted by Crippen LogP contribution is 2.27. The Hall–Kier alpha value is -2.01. The molecule has 0 atom stereocenters. The zero-order valence-corrected chi connectivity index (χ0v) is 14.7. The van der Waals surface area contributed by atoms with E-state index in [-0.39, 0.29) is 9.92 Å². The summed E-state index contributed by atoms with van der Waals surface area (Å²) in [7, 11) is -3.69. The van der Waals surface area contributed by atoms with Crippen LogP contribution in [0, 0.1) is 0 Å². The summed E-state index contributed by atoms with van der Waals surface area (Å²) in [5.74, 6) is 0. The molecule has 3 aromatic rings. The third-order valence-electron chi connectivity index (χ3n) is 3.44. The van der Waals surface area contributed by atoms with Crippen molar-refractivity contribution < 1.29 is 8.42 Å². The van der Waals surface area contributed by atoms with Crippen LogP contribution in [0.4, 0.5) is 5.69 Å². The average molecular weight is 378 g/mol. The minimum Gasteiger partial charge on any atom is -0.280 e. The highest BCUT2D eigenvalue weighted by Gasteiger charge is 2.15. The van der Waals surface area contributed by atoms with E-state index in [0.717, 1.165) is 11.1 Å². The van der Waals surface area contributed by atoms with Crippen molar-refractivity contribution in [3.8, 4) is 11.1 Å². The monoisotopic (exact) mass is 377 g/mol. The number of halogens is 2. The van der Waals surface area contributed by atoms with Crippen molar-refractivity contribution in [2.75, 3.05) is 4.72 Å². The van der Waals surface area contributed by atoms with Crippen molar-refractivity contribution in [1.29, 1.82) is 0 Å². The molecule has 0 bridgehead atoms. The quantitative estimate of drug-likeness (QED) is 0.655. The Morgan fingerprint density at radius 1 is 0.708 bits per heavy atom. The lowest BCUT2D eigenvalue weighted by atomic mass is 10.1. The van der Waals surface area contributed by atoms with E-state index in [9.17, 15) is 8.42 Å². The van der Waals surface area contributed by atoms with Crippen molar-refractivity contribution >= 4 is 38.9 Å². The Morgan fingerprint density at radius 2 is 1.33 bits per heavy atom. The molecule has 0 radical (unpaired) electrons. The van der Waals surface area contributed by atoms with Gasteiger partial charge in [0.1, 0.15) is 0 Å². The maximum Gasteiger partial charge on any atom is 0.261 e. The van der Waals surface area contributed by atoms with E-state index >= 15 is 0 Å². The van der Waals surface area contributed by atoms with Crippen molar-refractivity contribution in [3.05, 3.63) is 82.8 Å². The number of benzene rings is 3. The van der Waals surface area contributed by atoms with Crippen molar-refractivity contribution in [2.45, 2.75) is 4.90 Å². The second-order valence-electron chi connectivity index (χ2n) is 5.12. The second-order valence-corrected chi connectivity index (χ2v) is 7.62. The number of nitrogens with one attached hydrogen (secondary N) is 1. The lowest BCUT2D eigenvalue weighted by Crippen LogP contribution is -2.12. The Labute approximate surface area is 150 Å². The van der Waals surface area contributed by atoms with Crippen LogP contribution >= 0.6 is 23.2 Å². The topological polar surface area (TPSA) is 46.2 Å². The first-order valence-corrected chi connectivity index (χ1v) is 9.33. The summed E-state index contributed by atoms with van der Waals surface area (Å²) in [4.78, 5) is 0.174. The van der Waals surface area contributed by atoms with Gasteiger partial charge in [-0.05, 0) is 41.5 Å². The van der Waals surface area contributed by atoms with Crippen LogP contribution in [0.15, 0.2) is 77.7 Å². The molecule has 0 aliphatic carbocycles. The molecule has 3 nitrogen and oxygen atoms in total. The van der Waals surface area contributed by atoms with E-state index in [0.29, 0.717) is 10.7 Å². The molecule has 0 amide bonds. The van der Waals surface area contributed by atoms with Gasteiger partial charge in [-0.2, -0.15) is 0 Å². The van der Waals surface area contributed by atoms with Crippen LogP contribution < -0.4 is 4.72 Å². The summed E-state index contributed by atoms with van der Waals surface area (Å²) in [6, 6.07) is 21.0. The fraction of sp³-hybridized carbons (Fsp3) is 0. The Kier molecular flexibility index (Phi) is 4.81. The molecule has 3 rings (SSSR count). The normalized spacial score (nSPS) is 11.2. The van der Waals surface area contributed by atoms with Gasteiger partial charge in [-0.25, -0.2) is 8.42 Å². The smallest absolute Gasteiger partial charge is 0.261 e. The molecular weight excluding hydrogens is 365 g/mol. The molecule has 0 aliphatic heterocycles. The Morgan fingerprint density at radius 3 is 1.96 bits per heavy atom. The Balaban J connectivity index is 1.86. The maximum atomic E-state index is 12.5. The molecule has 3 aromatic carbocycles. The molecule has 0 unspecified atom stereocenters. The van der Waals surface area contributed by atoms with Gasteiger partial charge in [-0.15, -0.1) is 0 Å². The van der Waals surface area contributed by atoms with Crippen LogP contribution in [-0.2, 0) is 10.0 Å². The van der Waals surface area contributed by atoms with E-state index in [1.807, 2.05) is 30.3 Å². The summed E-state index contributed by atoms with van der Waals surface area (Å²) in [5.41, 5.74) is 2.33. The zero-order valence-electron chi connectivity index (χ0n) is 12.4. The number of hydrogen-bond acceptors (Lipinski definition) is 2. The van der Waals surface area contributed by atoms with E-state index in [4.69, 9.17) is 23.2 Å². The molecule has 0 heterocycles. The van der Waals surface area contributed by atoms with Crippen LogP contribution in [0.5, 0.6) is 0 Å². The summed E-state index contributed by atoms with van der Waals surface area (Å²) in [5, 5.41) is 0.656. The van der Waals surface area contributed by atoms with Crippen molar-refractivity contribution in [1.82, 2.24) is 0 Å². The largest absolute Gasteiger partial charge is 0.280 e. The molecule has 24 heavy (non-hydrogen) atoms. The Bertz CT molecular complexity index is 956. The van der Waals surface area contributed by atoms with Gasteiger partial charge in [0.05, 0.1) is 20.6 Å². The third kappa shape index (κ3) is 3.73. The molecule has 1 N–H and O–H groups in total. The van der Waals surface area contributed by atoms with Gasteiger partial charge in [0.15, 0.2) is 0 Å². The van der Waals surface area contributed by atoms with Gasteiger partial charge in [-0.3, -0.25) is 4.72 Å². The van der Waals surface area contributed by atoms with E-state index < -0.39 is 10.0 Å². The molecule has 6 heteroatoms. The summed E-state index contributed by atoms with van der Waals surface area (Å²) < 4.78 is 27.4. The van der Waals surface area contributed by atoms with Gasteiger partial charge in [0, 0.05) is 0 Å². The molecule has 0 saturated carbocycles. The fourth-order valence-corrected chi connectivity index (χ4v) is 3.58. The lowest BCUT2D eigenvalue weighted by Gasteiger charge is -2.10. The van der Waals surface area contributed by atoms with Crippen LogP contribution in [-0.4, -0.2) is 8.42 Å². The summed E-state index contributed by atoms with van der Waals surface area (Å²) in [6.45, 7) is 0. The zero-order chi connectivity index (χ0) is 17.2. The van der Waals surface area contributed by atoms with Crippen LogP contribution in [0.1, 0.15) is 0 Å². The minimum absolute atomic E-state index is 0.174. The number of anilines is 1. The van der Waals surface area contributed by atoms with E-state index in [1.165, 1.54) is 6.07 Å². The van der Waals surface area contributed by atoms with Gasteiger partial charge in [0.25, 0.3) is 10.0 Å². The lowest BCUT2D eigenvalue weighted by molar-refractivity contribution is 0.601. The average Bonchev–Trinajstić information content (AvgIpc) is 2.59. The second kappa shape index (κ2) is 6.85. The van der Waals surface area contributed by atoms with Crippen LogP contribution in [0.2, 0.25) is 10.0 Å². The number of sulfonamides is 1. The van der Waals surface area contributed by atoms with Gasteiger partial charge >= 0.3 is 0 Å². The number of hydrogen-bond donors (Lipinski definition) is 1. The van der Waals surface area contributed by atoms with Crippen molar-refractivity contribution in [3.63, 3.8) is 0 Å². The maximum absolute atomic E-state index is 12.5. The standard InChI is InChI=1S/C18H13Cl2NO2S/c19-17-11-8-15(12-18(17)20)21-24(22,23)16-9-6-14(7-10-16)13-4-2-1-3-5-13/h1-12,21H.